The highest BCUT2D eigenvalue weighted by atomic mass is 35.5. The lowest BCUT2D eigenvalue weighted by Gasteiger charge is -2.51. The first-order valence-corrected chi connectivity index (χ1v) is 20.0. The van der Waals surface area contributed by atoms with Crippen LogP contribution >= 0.6 is 11.6 Å². The van der Waals surface area contributed by atoms with E-state index in [1.54, 1.807) is 28.6 Å². The van der Waals surface area contributed by atoms with Crippen molar-refractivity contribution in [2.24, 2.45) is 0 Å². The number of benzene rings is 4. The van der Waals surface area contributed by atoms with Crippen LogP contribution in [0.3, 0.4) is 0 Å². The maximum absolute atomic E-state index is 14.2. The summed E-state index contributed by atoms with van der Waals surface area (Å²) in [7, 11) is -3.71. The number of hydrogen-bond donors (Lipinski definition) is 0. The first-order valence-electron chi connectivity index (χ1n) is 18.2. The van der Waals surface area contributed by atoms with Crippen LogP contribution in [0.5, 0.6) is 0 Å². The molecule has 1 atom stereocenters. The summed E-state index contributed by atoms with van der Waals surface area (Å²) in [5.74, 6) is 0. The Labute approximate surface area is 295 Å². The number of sulfonamides is 1. The van der Waals surface area contributed by atoms with Crippen LogP contribution in [-0.4, -0.2) is 43.3 Å². The van der Waals surface area contributed by atoms with Crippen LogP contribution in [0.4, 0.5) is 0 Å². The molecule has 0 bridgehead atoms. The van der Waals surface area contributed by atoms with Gasteiger partial charge in [-0.2, -0.15) is 4.31 Å². The molecule has 0 amide bonds. The van der Waals surface area contributed by atoms with Crippen molar-refractivity contribution in [3.63, 3.8) is 0 Å². The molecule has 256 valence electrons. The number of piperazine rings is 1. The number of halogens is 1. The van der Waals surface area contributed by atoms with Gasteiger partial charge >= 0.3 is 0 Å². The minimum Gasteiger partial charge on any atom is -0.283 e. The minimum absolute atomic E-state index is 0.159. The van der Waals surface area contributed by atoms with Gasteiger partial charge in [0.05, 0.1) is 10.4 Å². The van der Waals surface area contributed by atoms with Crippen LogP contribution in [0.1, 0.15) is 101 Å². The Morgan fingerprint density at radius 3 is 1.50 bits per heavy atom. The second kappa shape index (κ2) is 18.2. The highest BCUT2D eigenvalue weighted by Crippen LogP contribution is 2.44. The molecule has 1 fully saturated rings. The van der Waals surface area contributed by atoms with Crippen LogP contribution in [-0.2, 0) is 15.6 Å². The highest BCUT2D eigenvalue weighted by Gasteiger charge is 2.47. The van der Waals surface area contributed by atoms with Gasteiger partial charge in [-0.15, -0.1) is 0 Å². The van der Waals surface area contributed by atoms with E-state index in [-0.39, 0.29) is 6.04 Å². The predicted molar refractivity (Wildman–Crippen MR) is 201 cm³/mol. The average molecular weight is 685 g/mol. The van der Waals surface area contributed by atoms with Crippen LogP contribution in [0.25, 0.3) is 0 Å². The summed E-state index contributed by atoms with van der Waals surface area (Å²) >= 11 is 6.16. The van der Waals surface area contributed by atoms with Gasteiger partial charge in [0.2, 0.25) is 10.0 Å². The van der Waals surface area contributed by atoms with Crippen LogP contribution < -0.4 is 0 Å². The van der Waals surface area contributed by atoms with E-state index in [2.05, 4.69) is 103 Å². The Morgan fingerprint density at radius 1 is 0.604 bits per heavy atom. The van der Waals surface area contributed by atoms with E-state index in [1.165, 1.54) is 74.5 Å². The third-order valence-corrected chi connectivity index (χ3v) is 12.3. The summed E-state index contributed by atoms with van der Waals surface area (Å²) in [6, 6.07) is 38.7. The first-order chi connectivity index (χ1) is 23.5. The molecule has 6 heteroatoms. The summed E-state index contributed by atoms with van der Waals surface area (Å²) in [4.78, 5) is 2.86. The number of unbranched alkanes of at least 4 members (excludes halogenated alkanes) is 10. The Morgan fingerprint density at radius 2 is 1.04 bits per heavy atom. The SMILES string of the molecule is CCCCCCCCCCCCCC1CN(C(c2ccccc2)(c2ccccc2)c2ccccc2)CCN1S(=O)(=O)c1ccc(Cl)cc1. The molecule has 4 aromatic carbocycles. The third kappa shape index (κ3) is 8.79. The zero-order valence-electron chi connectivity index (χ0n) is 28.7. The number of nitrogens with zero attached hydrogens (tertiary/aromatic N) is 2. The monoisotopic (exact) mass is 684 g/mol. The standard InChI is InChI=1S/C42H53ClN2O2S/c1-2-3-4-5-6-7-8-9-10-11-21-28-40-35-44(33-34-45(40)48(46,47)41-31-29-39(43)30-32-41)42(36-22-15-12-16-23-36,37-24-17-13-18-25-37)38-26-19-14-20-27-38/h12-20,22-27,29-32,40H,2-11,21,28,33-35H2,1H3. The van der Waals surface area contributed by atoms with E-state index in [9.17, 15) is 8.42 Å². The van der Waals surface area contributed by atoms with Crippen molar-refractivity contribution in [2.45, 2.75) is 100 Å². The van der Waals surface area contributed by atoms with Gasteiger partial charge in [0.15, 0.2) is 0 Å². The summed E-state index contributed by atoms with van der Waals surface area (Å²) in [5.41, 5.74) is 2.98. The van der Waals surface area contributed by atoms with E-state index < -0.39 is 15.6 Å². The van der Waals surface area contributed by atoms with Crippen molar-refractivity contribution in [3.05, 3.63) is 137 Å². The van der Waals surface area contributed by atoms with Crippen LogP contribution in [0.15, 0.2) is 120 Å². The maximum Gasteiger partial charge on any atom is 0.243 e. The molecule has 0 saturated carbocycles. The van der Waals surface area contributed by atoms with Crippen molar-refractivity contribution in [3.8, 4) is 0 Å². The van der Waals surface area contributed by atoms with E-state index in [0.29, 0.717) is 29.6 Å². The van der Waals surface area contributed by atoms with Gasteiger partial charge < -0.3 is 0 Å². The molecule has 0 spiro atoms. The minimum atomic E-state index is -3.71. The van der Waals surface area contributed by atoms with Gasteiger partial charge in [0.25, 0.3) is 0 Å². The quantitative estimate of drug-likeness (QED) is 0.0773. The molecule has 1 unspecified atom stereocenters. The van der Waals surface area contributed by atoms with Crippen molar-refractivity contribution in [1.82, 2.24) is 9.21 Å². The van der Waals surface area contributed by atoms with Crippen molar-refractivity contribution < 1.29 is 8.42 Å². The molecule has 4 aromatic rings. The van der Waals surface area contributed by atoms with Crippen molar-refractivity contribution >= 4 is 21.6 Å². The zero-order valence-corrected chi connectivity index (χ0v) is 30.2. The molecule has 0 aliphatic carbocycles. The summed E-state index contributed by atoms with van der Waals surface area (Å²) in [6.45, 7) is 3.91. The molecule has 1 saturated heterocycles. The second-order valence-electron chi connectivity index (χ2n) is 13.3. The van der Waals surface area contributed by atoms with Gasteiger partial charge in [0, 0.05) is 30.7 Å². The third-order valence-electron chi connectivity index (χ3n) is 10.0. The molecule has 0 aromatic heterocycles. The smallest absolute Gasteiger partial charge is 0.243 e. The maximum atomic E-state index is 14.2. The molecular weight excluding hydrogens is 632 g/mol. The van der Waals surface area contributed by atoms with Gasteiger partial charge in [-0.3, -0.25) is 4.90 Å². The molecule has 5 rings (SSSR count). The molecular formula is C42H53ClN2O2S. The predicted octanol–water partition coefficient (Wildman–Crippen LogP) is 10.7. The molecule has 48 heavy (non-hydrogen) atoms. The molecule has 4 nitrogen and oxygen atoms in total. The molecule has 1 aliphatic rings. The summed E-state index contributed by atoms with van der Waals surface area (Å²) < 4.78 is 30.3. The highest BCUT2D eigenvalue weighted by molar-refractivity contribution is 7.89. The molecule has 0 N–H and O–H groups in total. The normalized spacial score (nSPS) is 16.2. The molecule has 0 radical (unpaired) electrons. The second-order valence-corrected chi connectivity index (χ2v) is 15.6. The van der Waals surface area contributed by atoms with Crippen LogP contribution in [0.2, 0.25) is 5.02 Å². The van der Waals surface area contributed by atoms with E-state index in [1.807, 2.05) is 0 Å². The number of hydrogen-bond acceptors (Lipinski definition) is 3. The van der Waals surface area contributed by atoms with E-state index >= 15 is 0 Å². The lowest BCUT2D eigenvalue weighted by atomic mass is 9.75. The lowest BCUT2D eigenvalue weighted by Crippen LogP contribution is -2.61. The van der Waals surface area contributed by atoms with Gasteiger partial charge in [-0.1, -0.05) is 180 Å². The topological polar surface area (TPSA) is 40.6 Å². The van der Waals surface area contributed by atoms with Gasteiger partial charge in [-0.05, 0) is 47.4 Å². The average Bonchev–Trinajstić information content (AvgIpc) is 3.12. The van der Waals surface area contributed by atoms with E-state index in [0.717, 1.165) is 19.3 Å². The van der Waals surface area contributed by atoms with Gasteiger partial charge in [-0.25, -0.2) is 8.42 Å². The van der Waals surface area contributed by atoms with Crippen molar-refractivity contribution in [2.75, 3.05) is 19.6 Å². The zero-order chi connectivity index (χ0) is 33.7. The van der Waals surface area contributed by atoms with E-state index in [4.69, 9.17) is 11.6 Å². The first kappa shape index (κ1) is 36.3. The molecule has 1 aliphatic heterocycles. The Bertz CT molecular complexity index is 1500. The molecule has 1 heterocycles. The Kier molecular flexibility index (Phi) is 13.7. The summed E-state index contributed by atoms with van der Waals surface area (Å²) in [5, 5.41) is 0.537. The summed E-state index contributed by atoms with van der Waals surface area (Å²) in [6.07, 6.45) is 14.8. The van der Waals surface area contributed by atoms with Gasteiger partial charge in [0.1, 0.15) is 0 Å². The van der Waals surface area contributed by atoms with Crippen LogP contribution in [0, 0.1) is 0 Å². The number of rotatable bonds is 18. The Hall–Kier alpha value is -2.96. The lowest BCUT2D eigenvalue weighted by molar-refractivity contribution is 0.0664. The fourth-order valence-electron chi connectivity index (χ4n) is 7.57. The van der Waals surface area contributed by atoms with Crippen molar-refractivity contribution in [1.29, 1.82) is 0 Å². The fourth-order valence-corrected chi connectivity index (χ4v) is 9.33. The fraction of sp³-hybridized carbons (Fsp3) is 0.429. The largest absolute Gasteiger partial charge is 0.283 e. The Balaban J connectivity index is 1.41.